The summed E-state index contributed by atoms with van der Waals surface area (Å²) in [4.78, 5) is 0. The van der Waals surface area contributed by atoms with E-state index in [0.717, 1.165) is 21.9 Å². The van der Waals surface area contributed by atoms with E-state index in [4.69, 9.17) is 77.4 Å². The zero-order valence-corrected chi connectivity index (χ0v) is 75.5. The molecule has 2 heteroatoms. The van der Waals surface area contributed by atoms with Crippen LogP contribution in [-0.4, -0.2) is 0 Å². The SMILES string of the molecule is [2H]c1c([2H])c([2H])c(-c2c3c([2H])c([2H])c([2H])c([2H])c3c(-c3c([2H])c([2H])c([2H])c4c([2H])c([2H])c([2H])c([2H])c34)c3c([2H])c([2H])c([2H])c([2H])c23)c(-c2c([2H])c([2H])c3c([2H])c([2H])c([2H])c([2H])c3c2[2H])c1[2H].[2H]c1c([2H])c([2H])c2c([2H])c(-c3c4c([2H])c([2H])c([2H])c([2H])c4c(-c4c([2H])c([2H])c([2H])c5c([2H])c([2H])c([2H])c([2H])c45)c4c([2H])c([2H])c([2H])c([2H])c34)c([2H])c([2H])c2c1[2H].[2H]c1c([2H])c([2H])c2c(oc3c([2H])c([2H])c(-c4c5c([2H])c([2H])c([2H])c([2H])c5c(-c5c([2H])c([2H])c([2H])c6c([2H])c([2H])c([2H])c([2H])c56)c5c([2H])c([2H])c([2H])c([2H])c45)c([2H])c32)c1[2H].c1ccc2cc(-c3c4ccccc4c(-c4ccc5oc6ccccc6c5c4)c4ccccc34)ccc2c1. The molecule has 0 spiro atoms. The lowest BCUT2D eigenvalue weighted by Gasteiger charge is -2.20. The fourth-order valence-electron chi connectivity index (χ4n) is 19.3. The van der Waals surface area contributed by atoms with E-state index in [1.165, 1.54) is 54.6 Å². The first-order chi connectivity index (χ1) is 103. The van der Waals surface area contributed by atoms with Gasteiger partial charge in [-0.3, -0.25) is 0 Å². The molecule has 0 aliphatic rings. The summed E-state index contributed by atoms with van der Waals surface area (Å²) in [5, 5.41) is -4.94. The van der Waals surface area contributed by atoms with Crippen molar-refractivity contribution in [3.63, 3.8) is 0 Å². The van der Waals surface area contributed by atoms with Crippen LogP contribution >= 0.6 is 0 Å². The summed E-state index contributed by atoms with van der Waals surface area (Å²) in [6.07, 6.45) is 0. The Morgan fingerprint density at radius 1 is 0.122 bits per heavy atom. The van der Waals surface area contributed by atoms with Crippen LogP contribution in [0.4, 0.5) is 0 Å². The fraction of sp³-hybridized carbons (Fsp3) is 0. The van der Waals surface area contributed by atoms with Crippen LogP contribution in [0.15, 0.2) is 565 Å². The molecule has 0 unspecified atom stereocenters. The molecule has 0 aliphatic carbocycles. The quantitative estimate of drug-likeness (QED) is 0.135. The van der Waals surface area contributed by atoms with Gasteiger partial charge in [0.25, 0.3) is 0 Å². The Morgan fingerprint density at radius 2 is 0.412 bits per heavy atom. The van der Waals surface area contributed by atoms with Crippen LogP contribution in [0, 0.1) is 0 Å². The van der Waals surface area contributed by atoms with Gasteiger partial charge in [-0.05, 0) is 305 Å². The second-order valence-corrected chi connectivity index (χ2v) is 33.5. The molecule has 0 saturated carbocycles. The molecule has 0 amide bonds. The average Bonchev–Trinajstić information content (AvgIpc) is 0.810. The highest BCUT2D eigenvalue weighted by Crippen LogP contribution is 2.53. The number of para-hydroxylation sites is 2. The number of rotatable bonds is 9. The molecule has 0 fully saturated rings. The Kier molecular flexibility index (Phi) is 10.2. The second-order valence-electron chi connectivity index (χ2n) is 33.5. The van der Waals surface area contributed by atoms with Gasteiger partial charge in [-0.1, -0.05) is 502 Å². The molecule has 31 rings (SSSR count). The highest BCUT2D eigenvalue weighted by molar-refractivity contribution is 6.29. The predicted octanol–water partition coefficient (Wildman–Crippen LogP) is 41.7. The number of hydrogen-bond donors (Lipinski definition) is 0. The Bertz CT molecular complexity index is 15100. The van der Waals surface area contributed by atoms with Gasteiger partial charge < -0.3 is 8.83 Å². The van der Waals surface area contributed by atoms with Crippen molar-refractivity contribution in [3.05, 3.63) is 556 Å². The summed E-state index contributed by atoms with van der Waals surface area (Å²) < 4.78 is 631. The van der Waals surface area contributed by atoms with Crippen LogP contribution in [0.5, 0.6) is 0 Å². The molecular formula is C146H92O2. The van der Waals surface area contributed by atoms with Crippen molar-refractivity contribution in [2.45, 2.75) is 0 Å². The van der Waals surface area contributed by atoms with Gasteiger partial charge in [-0.25, -0.2) is 0 Å². The Labute approximate surface area is 953 Å². The molecule has 31 aromatic rings. The van der Waals surface area contributed by atoms with Crippen molar-refractivity contribution in [2.24, 2.45) is 0 Å². The van der Waals surface area contributed by atoms with Gasteiger partial charge in [0.05, 0.1) is 96.0 Å². The van der Waals surface area contributed by atoms with Crippen LogP contribution in [0.3, 0.4) is 0 Å². The van der Waals surface area contributed by atoms with E-state index in [9.17, 15) is 27.4 Å². The molecule has 0 radical (unpaired) electrons. The molecule has 0 aliphatic heterocycles. The third-order valence-electron chi connectivity index (χ3n) is 25.5. The lowest BCUT2D eigenvalue weighted by molar-refractivity contribution is 0.668. The largest absolute Gasteiger partial charge is 0.456 e. The number of fused-ring (bicyclic) bond motifs is 20. The molecule has 688 valence electrons. The van der Waals surface area contributed by atoms with Crippen LogP contribution in [0.1, 0.15) is 96.0 Å². The second kappa shape index (κ2) is 36.5. The van der Waals surface area contributed by atoms with Gasteiger partial charge in [0.15, 0.2) is 0 Å². The standard InChI is InChI=1S/C40H26.2C36H22O.C34H22/c1-2-14-29-26-30(25-24-27(29)12-1)32-17-5-6-18-33(32)39-35-19-7-9-21-37(35)40(38-22-10-8-20-36(38)39)34-23-11-15-28-13-3-4-16-31(28)34;1-2-12-25-23(10-1)11-9-18-27(25)36-30-16-5-3-14-28(30)35(29-15-4-6-17-31(29)36)24-20-21-34-32(22-24)26-13-7-8-19-33(26)37-34;1-2-10-24-21-25(18-17-23(24)9-1)35-28-12-3-5-14-30(28)36(31-15-6-4-13-29(31)35)26-19-20-34-32(22-26)27-11-7-8-16-33(27)37-34;1-2-12-25-22-26(21-20-23(25)10-1)33-29-15-5-7-17-31(29)34(32-18-8-6-16-30(32)33)28-19-9-13-24-11-3-4-14-27(24)28/h1-26H;2*1-22H;1-22H/i1D,2D,3D,4D,5D,6D,7D,8D,9D,10D,11D,12D,13D,14D,15D,16D,17D,18D,19D,20D,21D,22D,23D,24D,25D,26D;1D,2D,3D,4D,5D,6D,7D,8D,9D,10D,11D,12D,13D,14D,15D,16D,17D,18D,19D,20D,21D,22D;;1D,2D,3D,4D,5D,6D,7D,8D,9D,10D,11D,12D,13D,14D,15D,16D,17D,18D,19D,20D,21D,22D. The lowest BCUT2D eigenvalue weighted by atomic mass is 9.83. The zero-order chi connectivity index (χ0) is 159. The maximum Gasteiger partial charge on any atom is 0.135 e. The third-order valence-corrected chi connectivity index (χ3v) is 25.5. The van der Waals surface area contributed by atoms with Crippen molar-refractivity contribution in [3.8, 4) is 100 Å². The normalized spacial score (nSPS) is 18.3. The highest BCUT2D eigenvalue weighted by Gasteiger charge is 2.26. The minimum atomic E-state index is -1.07. The Morgan fingerprint density at radius 3 is 0.878 bits per heavy atom. The molecule has 29 aromatic carbocycles. The first-order valence-corrected chi connectivity index (χ1v) is 45.4. The lowest BCUT2D eigenvalue weighted by Crippen LogP contribution is -1.93. The first kappa shape index (κ1) is 41.2. The smallest absolute Gasteiger partial charge is 0.135 e. The molecule has 0 saturated heterocycles. The highest BCUT2D eigenvalue weighted by atomic mass is 16.3. The molecule has 0 bridgehead atoms. The zero-order valence-electron chi connectivity index (χ0n) is 146. The van der Waals surface area contributed by atoms with Crippen molar-refractivity contribution >= 4 is 195 Å². The predicted molar refractivity (Wildman–Crippen MR) is 634 cm³/mol. The maximum atomic E-state index is 9.54. The van der Waals surface area contributed by atoms with Crippen molar-refractivity contribution in [2.75, 3.05) is 0 Å². The van der Waals surface area contributed by atoms with Gasteiger partial charge in [-0.2, -0.15) is 0 Å². The minimum absolute atomic E-state index is 0.377. The monoisotopic (exact) mass is 1950 g/mol. The van der Waals surface area contributed by atoms with E-state index < -0.39 is 636 Å². The molecular weight excluding hydrogens is 1790 g/mol. The summed E-state index contributed by atoms with van der Waals surface area (Å²) >= 11 is 0. The maximum absolute atomic E-state index is 9.54. The molecule has 2 heterocycles. The first-order valence-electron chi connectivity index (χ1n) is 80.4. The molecule has 2 aromatic heterocycles. The number of hydrogen-bond acceptors (Lipinski definition) is 2. The summed E-state index contributed by atoms with van der Waals surface area (Å²) in [5.74, 6) is 0. The van der Waals surface area contributed by atoms with E-state index in [1.54, 1.807) is 0 Å². The van der Waals surface area contributed by atoms with Crippen LogP contribution < -0.4 is 0 Å². The van der Waals surface area contributed by atoms with E-state index in [2.05, 4.69) is 121 Å². The summed E-state index contributed by atoms with van der Waals surface area (Å²) in [6.45, 7) is 0. The van der Waals surface area contributed by atoms with E-state index in [0.29, 0.717) is 0 Å². The molecule has 148 heavy (non-hydrogen) atoms. The van der Waals surface area contributed by atoms with Crippen LogP contribution in [0.2, 0.25) is 0 Å². The van der Waals surface area contributed by atoms with Gasteiger partial charge in [0.2, 0.25) is 0 Å². The minimum Gasteiger partial charge on any atom is -0.456 e. The van der Waals surface area contributed by atoms with Crippen LogP contribution in [0.25, 0.3) is 295 Å². The average molecular weight is 1950 g/mol. The Hall–Kier alpha value is -19.4. The van der Waals surface area contributed by atoms with Gasteiger partial charge >= 0.3 is 0 Å². The number of benzene rings is 29. The summed E-state index contributed by atoms with van der Waals surface area (Å²) in [7, 11) is 0. The van der Waals surface area contributed by atoms with E-state index in [1.807, 2.05) is 12.1 Å². The molecule has 2 nitrogen and oxygen atoms in total. The topological polar surface area (TPSA) is 26.3 Å². The fourth-order valence-corrected chi connectivity index (χ4v) is 19.3. The van der Waals surface area contributed by atoms with Gasteiger partial charge in [0.1, 0.15) is 22.3 Å². The number of furan rings is 2. The van der Waals surface area contributed by atoms with Crippen molar-refractivity contribution < 1.29 is 105 Å². The third kappa shape index (κ3) is 14.9. The van der Waals surface area contributed by atoms with Gasteiger partial charge in [0, 0.05) is 21.5 Å². The summed E-state index contributed by atoms with van der Waals surface area (Å²) in [5.41, 5.74) is -4.05. The Balaban J connectivity index is 0.000000129. The van der Waals surface area contributed by atoms with Crippen molar-refractivity contribution in [1.82, 2.24) is 0 Å². The molecule has 0 N–H and O–H groups in total. The summed E-state index contributed by atoms with van der Waals surface area (Å²) in [6, 6.07) is -14.2. The van der Waals surface area contributed by atoms with E-state index in [-0.39, 0.29) is 5.39 Å². The molecule has 0 atom stereocenters. The van der Waals surface area contributed by atoms with Crippen LogP contribution in [-0.2, 0) is 0 Å². The van der Waals surface area contributed by atoms with Crippen molar-refractivity contribution in [1.29, 1.82) is 0 Å². The van der Waals surface area contributed by atoms with E-state index >= 15 is 0 Å². The van der Waals surface area contributed by atoms with Gasteiger partial charge in [-0.15, -0.1) is 0 Å².